The maximum absolute atomic E-state index is 5.81. The summed E-state index contributed by atoms with van der Waals surface area (Å²) in [6.45, 7) is 6.81. The van der Waals surface area contributed by atoms with Gasteiger partial charge in [-0.2, -0.15) is 0 Å². The van der Waals surface area contributed by atoms with Crippen LogP contribution in [0, 0.1) is 0 Å². The molecule has 0 aliphatic carbocycles. The van der Waals surface area contributed by atoms with Gasteiger partial charge in [-0.15, -0.1) is 0 Å². The third-order valence-corrected chi connectivity index (χ3v) is 2.99. The Morgan fingerprint density at radius 2 is 2.17 bits per heavy atom. The first-order valence-electron chi connectivity index (χ1n) is 6.24. The van der Waals surface area contributed by atoms with Gasteiger partial charge in [-0.25, -0.2) is 0 Å². The van der Waals surface area contributed by atoms with Crippen molar-refractivity contribution in [2.45, 2.75) is 19.9 Å². The molecular formula is C14H20N2O2. The molecule has 0 atom stereocenters. The molecule has 1 aliphatic rings. The molecule has 98 valence electrons. The average molecular weight is 248 g/mol. The van der Waals surface area contributed by atoms with Crippen LogP contribution < -0.4 is 10.5 Å². The lowest BCUT2D eigenvalue weighted by molar-refractivity contribution is 0.0710. The lowest BCUT2D eigenvalue weighted by atomic mass is 10.3. The van der Waals surface area contributed by atoms with Gasteiger partial charge in [0.25, 0.3) is 0 Å². The van der Waals surface area contributed by atoms with Crippen LogP contribution in [-0.2, 0) is 4.74 Å². The number of anilines is 1. The third kappa shape index (κ3) is 3.17. The van der Waals surface area contributed by atoms with Crippen molar-refractivity contribution < 1.29 is 9.47 Å². The molecule has 0 aromatic heterocycles. The summed E-state index contributed by atoms with van der Waals surface area (Å²) in [5, 5.41) is 0. The molecule has 1 heterocycles. The molecule has 18 heavy (non-hydrogen) atoms. The van der Waals surface area contributed by atoms with Gasteiger partial charge in [0.05, 0.1) is 12.2 Å². The lowest BCUT2D eigenvalue weighted by Crippen LogP contribution is -2.39. The zero-order chi connectivity index (χ0) is 13.0. The third-order valence-electron chi connectivity index (χ3n) is 2.99. The van der Waals surface area contributed by atoms with E-state index in [1.165, 1.54) is 0 Å². The summed E-state index contributed by atoms with van der Waals surface area (Å²) >= 11 is 0. The van der Waals surface area contributed by atoms with Crippen LogP contribution in [0.15, 0.2) is 36.3 Å². The van der Waals surface area contributed by atoms with Crippen molar-refractivity contribution >= 4 is 5.69 Å². The molecule has 0 bridgehead atoms. The fourth-order valence-corrected chi connectivity index (χ4v) is 1.85. The van der Waals surface area contributed by atoms with Gasteiger partial charge in [0.1, 0.15) is 24.4 Å². The van der Waals surface area contributed by atoms with E-state index in [1.807, 2.05) is 24.3 Å². The Morgan fingerprint density at radius 1 is 1.39 bits per heavy atom. The number of rotatable bonds is 3. The SMILES string of the molecule is CC(C)N1CCOC(=COc2ccccc2N)C1. The fourth-order valence-electron chi connectivity index (χ4n) is 1.85. The molecule has 1 fully saturated rings. The first-order valence-corrected chi connectivity index (χ1v) is 6.24. The van der Waals surface area contributed by atoms with Crippen molar-refractivity contribution in [3.63, 3.8) is 0 Å². The van der Waals surface area contributed by atoms with Gasteiger partial charge in [-0.3, -0.25) is 4.90 Å². The monoisotopic (exact) mass is 248 g/mol. The van der Waals surface area contributed by atoms with E-state index in [9.17, 15) is 0 Å². The molecular weight excluding hydrogens is 228 g/mol. The Hall–Kier alpha value is -1.68. The van der Waals surface area contributed by atoms with Gasteiger partial charge >= 0.3 is 0 Å². The van der Waals surface area contributed by atoms with Crippen LogP contribution >= 0.6 is 0 Å². The van der Waals surface area contributed by atoms with Crippen LogP contribution in [0.1, 0.15) is 13.8 Å². The highest BCUT2D eigenvalue weighted by Crippen LogP contribution is 2.21. The standard InChI is InChI=1S/C14H20N2O2/c1-11(2)16-7-8-17-12(9-16)10-18-14-6-4-3-5-13(14)15/h3-6,10-11H,7-9,15H2,1-2H3. The minimum atomic E-state index is 0.513. The fraction of sp³-hybridized carbons (Fsp3) is 0.429. The average Bonchev–Trinajstić information content (AvgIpc) is 2.38. The van der Waals surface area contributed by atoms with E-state index in [1.54, 1.807) is 6.26 Å². The molecule has 1 aliphatic heterocycles. The van der Waals surface area contributed by atoms with Crippen molar-refractivity contribution in [3.05, 3.63) is 36.3 Å². The smallest absolute Gasteiger partial charge is 0.149 e. The normalized spacial score (nSPS) is 18.9. The van der Waals surface area contributed by atoms with Gasteiger partial charge < -0.3 is 15.2 Å². The van der Waals surface area contributed by atoms with E-state index in [4.69, 9.17) is 15.2 Å². The van der Waals surface area contributed by atoms with Crippen LogP contribution in [0.5, 0.6) is 5.75 Å². The van der Waals surface area contributed by atoms with E-state index in [0.717, 1.165) is 18.8 Å². The highest BCUT2D eigenvalue weighted by molar-refractivity contribution is 5.52. The van der Waals surface area contributed by atoms with E-state index in [0.29, 0.717) is 24.1 Å². The minimum Gasteiger partial charge on any atom is -0.492 e. The highest BCUT2D eigenvalue weighted by atomic mass is 16.5. The molecule has 0 saturated carbocycles. The summed E-state index contributed by atoms with van der Waals surface area (Å²) in [5.41, 5.74) is 6.44. The van der Waals surface area contributed by atoms with Crippen molar-refractivity contribution in [1.29, 1.82) is 0 Å². The number of nitrogens with two attached hydrogens (primary N) is 1. The summed E-state index contributed by atoms with van der Waals surface area (Å²) in [6.07, 6.45) is 1.65. The number of para-hydroxylation sites is 2. The Balaban J connectivity index is 1.99. The molecule has 0 radical (unpaired) electrons. The van der Waals surface area contributed by atoms with E-state index in [-0.39, 0.29) is 0 Å². The van der Waals surface area contributed by atoms with Gasteiger partial charge in [0.2, 0.25) is 0 Å². The van der Waals surface area contributed by atoms with Crippen LogP contribution in [-0.4, -0.2) is 30.6 Å². The number of hydrogen-bond donors (Lipinski definition) is 1. The lowest BCUT2D eigenvalue weighted by Gasteiger charge is -2.31. The number of benzene rings is 1. The zero-order valence-corrected chi connectivity index (χ0v) is 10.9. The first-order chi connectivity index (χ1) is 8.66. The van der Waals surface area contributed by atoms with Crippen LogP contribution in [0.2, 0.25) is 0 Å². The number of ether oxygens (including phenoxy) is 2. The van der Waals surface area contributed by atoms with Gasteiger partial charge in [0, 0.05) is 12.6 Å². The zero-order valence-electron chi connectivity index (χ0n) is 10.9. The Bertz CT molecular complexity index is 430. The van der Waals surface area contributed by atoms with Crippen molar-refractivity contribution in [1.82, 2.24) is 4.90 Å². The number of hydrogen-bond acceptors (Lipinski definition) is 4. The maximum Gasteiger partial charge on any atom is 0.149 e. The quantitative estimate of drug-likeness (QED) is 0.658. The Labute approximate surface area is 108 Å². The second-order valence-electron chi connectivity index (χ2n) is 4.65. The molecule has 4 heteroatoms. The summed E-state index contributed by atoms with van der Waals surface area (Å²) in [4.78, 5) is 2.34. The molecule has 4 nitrogen and oxygen atoms in total. The molecule has 1 aromatic carbocycles. The summed E-state index contributed by atoms with van der Waals surface area (Å²) in [6, 6.07) is 7.95. The minimum absolute atomic E-state index is 0.513. The van der Waals surface area contributed by atoms with Crippen LogP contribution in [0.3, 0.4) is 0 Å². The maximum atomic E-state index is 5.81. The molecule has 2 N–H and O–H groups in total. The van der Waals surface area contributed by atoms with E-state index >= 15 is 0 Å². The predicted molar refractivity (Wildman–Crippen MR) is 72.2 cm³/mol. The van der Waals surface area contributed by atoms with Crippen LogP contribution in [0.4, 0.5) is 5.69 Å². The number of nitrogen functional groups attached to an aromatic ring is 1. The highest BCUT2D eigenvalue weighted by Gasteiger charge is 2.17. The second-order valence-corrected chi connectivity index (χ2v) is 4.65. The van der Waals surface area contributed by atoms with Crippen molar-refractivity contribution in [3.8, 4) is 5.75 Å². The van der Waals surface area contributed by atoms with Gasteiger partial charge in [-0.1, -0.05) is 12.1 Å². The Kier molecular flexibility index (Phi) is 4.10. The van der Waals surface area contributed by atoms with Gasteiger partial charge in [0.15, 0.2) is 0 Å². The summed E-state index contributed by atoms with van der Waals surface area (Å²) in [5.74, 6) is 1.51. The number of morpholine rings is 1. The van der Waals surface area contributed by atoms with Gasteiger partial charge in [-0.05, 0) is 26.0 Å². The molecule has 2 rings (SSSR count). The molecule has 0 unspecified atom stereocenters. The molecule has 0 spiro atoms. The molecule has 1 aromatic rings. The molecule has 0 amide bonds. The first kappa shape index (κ1) is 12.8. The van der Waals surface area contributed by atoms with E-state index < -0.39 is 0 Å². The topological polar surface area (TPSA) is 47.7 Å². The predicted octanol–water partition coefficient (Wildman–Crippen LogP) is 2.23. The summed E-state index contributed by atoms with van der Waals surface area (Å²) in [7, 11) is 0. The van der Waals surface area contributed by atoms with Crippen LogP contribution in [0.25, 0.3) is 0 Å². The van der Waals surface area contributed by atoms with Crippen molar-refractivity contribution in [2.24, 2.45) is 0 Å². The number of nitrogens with zero attached hydrogens (tertiary/aromatic N) is 1. The largest absolute Gasteiger partial charge is 0.492 e. The molecule has 1 saturated heterocycles. The summed E-state index contributed by atoms with van der Waals surface area (Å²) < 4.78 is 11.1. The second kappa shape index (κ2) is 5.78. The Morgan fingerprint density at radius 3 is 2.89 bits per heavy atom. The van der Waals surface area contributed by atoms with E-state index in [2.05, 4.69) is 18.7 Å². The van der Waals surface area contributed by atoms with Crippen molar-refractivity contribution in [2.75, 3.05) is 25.4 Å².